The van der Waals surface area contributed by atoms with E-state index >= 15 is 0 Å². The van der Waals surface area contributed by atoms with Gasteiger partial charge in [0.15, 0.2) is 11.4 Å². The van der Waals surface area contributed by atoms with E-state index in [1.165, 1.54) is 11.1 Å². The number of hydrogen-bond donors (Lipinski definition) is 2. The molecule has 8 heteroatoms. The molecule has 2 fully saturated rings. The molecule has 0 aromatic carbocycles. The molecule has 1 saturated carbocycles. The van der Waals surface area contributed by atoms with Gasteiger partial charge < -0.3 is 5.32 Å². The fraction of sp³-hybridized carbons (Fsp3) is 0.714. The van der Waals surface area contributed by atoms with E-state index in [4.69, 9.17) is 9.98 Å². The number of hydrogen-bond acceptors (Lipinski definition) is 7. The first kappa shape index (κ1) is 20.2. The standard InChI is InChI=1S/C21H31N5O3/c1-19(2)12-14(13-20(3,4)24-19)22-17-16(26(28)29)9-8-15-18(17)23-21(25(15)27)10-6-5-7-11-21/h8-9,14,24,27H,5-7,10-13H2,1-4H3. The van der Waals surface area contributed by atoms with Crippen LogP contribution in [0, 0.1) is 10.1 Å². The Morgan fingerprint density at radius 3 is 2.38 bits per heavy atom. The maximum atomic E-state index is 11.8. The highest BCUT2D eigenvalue weighted by molar-refractivity contribution is 6.54. The van der Waals surface area contributed by atoms with Crippen LogP contribution in [0.2, 0.25) is 0 Å². The Kier molecular flexibility index (Phi) is 4.70. The van der Waals surface area contributed by atoms with Crippen LogP contribution in [0.1, 0.15) is 72.6 Å². The average Bonchev–Trinajstić information content (AvgIpc) is 2.85. The number of nitrogens with one attached hydrogen (secondary N) is 1. The van der Waals surface area contributed by atoms with E-state index in [2.05, 4.69) is 33.0 Å². The summed E-state index contributed by atoms with van der Waals surface area (Å²) in [7, 11) is 0. The molecule has 0 amide bonds. The molecule has 2 N–H and O–H groups in total. The van der Waals surface area contributed by atoms with E-state index in [0.29, 0.717) is 17.1 Å². The number of fused-ring (bicyclic) bond motifs is 1. The van der Waals surface area contributed by atoms with Crippen molar-refractivity contribution in [2.75, 3.05) is 0 Å². The summed E-state index contributed by atoms with van der Waals surface area (Å²) in [6.45, 7) is 8.54. The molecule has 0 aromatic rings. The second-order valence-electron chi connectivity index (χ2n) is 10.1. The summed E-state index contributed by atoms with van der Waals surface area (Å²) in [5.74, 6) is 0. The van der Waals surface area contributed by atoms with Gasteiger partial charge in [0, 0.05) is 17.2 Å². The van der Waals surface area contributed by atoms with Gasteiger partial charge in [-0.25, -0.2) is 5.06 Å². The Morgan fingerprint density at radius 2 is 1.79 bits per heavy atom. The summed E-state index contributed by atoms with van der Waals surface area (Å²) >= 11 is 0. The molecule has 2 aliphatic heterocycles. The number of hydroxylamine groups is 2. The van der Waals surface area contributed by atoms with Gasteiger partial charge in [0.25, 0.3) is 5.70 Å². The summed E-state index contributed by atoms with van der Waals surface area (Å²) in [4.78, 5) is 21.2. The minimum Gasteiger partial charge on any atom is -0.307 e. The van der Waals surface area contributed by atoms with Gasteiger partial charge in [-0.1, -0.05) is 6.42 Å². The second kappa shape index (κ2) is 6.74. The zero-order valence-corrected chi connectivity index (χ0v) is 17.7. The molecule has 0 unspecified atom stereocenters. The number of nitrogens with zero attached hydrogens (tertiary/aromatic N) is 4. The molecule has 0 bridgehead atoms. The Labute approximate surface area is 171 Å². The van der Waals surface area contributed by atoms with E-state index < -0.39 is 5.66 Å². The topological polar surface area (TPSA) is 103 Å². The van der Waals surface area contributed by atoms with Crippen molar-refractivity contribution < 1.29 is 10.1 Å². The molecule has 0 radical (unpaired) electrons. The Morgan fingerprint density at radius 1 is 1.17 bits per heavy atom. The number of piperidine rings is 1. The normalized spacial score (nSPS) is 29.3. The number of rotatable bonds is 2. The van der Waals surface area contributed by atoms with Gasteiger partial charge in [-0.15, -0.1) is 0 Å². The van der Waals surface area contributed by atoms with Gasteiger partial charge in [0.2, 0.25) is 0 Å². The van der Waals surface area contributed by atoms with Crippen molar-refractivity contribution in [1.29, 1.82) is 0 Å². The van der Waals surface area contributed by atoms with Crippen LogP contribution in [0.3, 0.4) is 0 Å². The smallest absolute Gasteiger partial charge is 0.296 e. The molecule has 8 nitrogen and oxygen atoms in total. The minimum atomic E-state index is -0.702. The van der Waals surface area contributed by atoms with Crippen LogP contribution in [0.15, 0.2) is 33.5 Å². The first-order valence-corrected chi connectivity index (χ1v) is 10.6. The molecular weight excluding hydrogens is 370 g/mol. The van der Waals surface area contributed by atoms with E-state index in [-0.39, 0.29) is 27.7 Å². The highest BCUT2D eigenvalue weighted by Gasteiger charge is 2.49. The zero-order valence-electron chi connectivity index (χ0n) is 17.7. The lowest BCUT2D eigenvalue weighted by Crippen LogP contribution is -2.59. The fourth-order valence-corrected chi connectivity index (χ4v) is 5.58. The molecule has 4 rings (SSSR count). The summed E-state index contributed by atoms with van der Waals surface area (Å²) in [5.41, 5.74) is 0.338. The van der Waals surface area contributed by atoms with Crippen molar-refractivity contribution in [3.63, 3.8) is 0 Å². The van der Waals surface area contributed by atoms with Crippen LogP contribution in [0.25, 0.3) is 0 Å². The van der Waals surface area contributed by atoms with Crippen molar-refractivity contribution in [2.45, 2.75) is 95.4 Å². The van der Waals surface area contributed by atoms with Gasteiger partial charge in [-0.2, -0.15) is 0 Å². The van der Waals surface area contributed by atoms with Crippen LogP contribution in [0.4, 0.5) is 0 Å². The molecule has 1 spiro atoms. The molecule has 29 heavy (non-hydrogen) atoms. The van der Waals surface area contributed by atoms with E-state index in [1.54, 1.807) is 6.08 Å². The zero-order chi connectivity index (χ0) is 21.0. The van der Waals surface area contributed by atoms with Gasteiger partial charge in [-0.3, -0.25) is 25.3 Å². The van der Waals surface area contributed by atoms with E-state index in [9.17, 15) is 15.3 Å². The maximum absolute atomic E-state index is 11.8. The van der Waals surface area contributed by atoms with Crippen molar-refractivity contribution >= 4 is 11.4 Å². The lowest BCUT2D eigenvalue weighted by molar-refractivity contribution is -0.414. The monoisotopic (exact) mass is 401 g/mol. The quantitative estimate of drug-likeness (QED) is 0.418. The molecule has 2 aliphatic carbocycles. The van der Waals surface area contributed by atoms with E-state index in [1.807, 2.05) is 0 Å². The second-order valence-corrected chi connectivity index (χ2v) is 10.1. The average molecular weight is 402 g/mol. The van der Waals surface area contributed by atoms with Crippen LogP contribution < -0.4 is 5.32 Å². The third kappa shape index (κ3) is 3.64. The largest absolute Gasteiger partial charge is 0.307 e. The fourth-order valence-electron chi connectivity index (χ4n) is 5.58. The molecule has 4 aliphatic rings. The van der Waals surface area contributed by atoms with Gasteiger partial charge in [0.1, 0.15) is 5.71 Å². The molecule has 0 atom stereocenters. The third-order valence-corrected chi connectivity index (χ3v) is 6.38. The molecule has 2 heterocycles. The summed E-state index contributed by atoms with van der Waals surface area (Å²) in [6, 6.07) is -0.0586. The SMILES string of the molecule is CC1(C)CC(N=C2C([N+](=O)[O-])=CC=C3C2=NC2(CCCCC2)N3O)CC(C)(C)N1. The van der Waals surface area contributed by atoms with Crippen LogP contribution in [0.5, 0.6) is 0 Å². The predicted molar refractivity (Wildman–Crippen MR) is 112 cm³/mol. The van der Waals surface area contributed by atoms with Gasteiger partial charge in [0.05, 0.1) is 16.7 Å². The highest BCUT2D eigenvalue weighted by atomic mass is 16.6. The number of allylic oxidation sites excluding steroid dienone is 4. The summed E-state index contributed by atoms with van der Waals surface area (Å²) in [6.07, 6.45) is 9.22. The Balaban J connectivity index is 1.76. The minimum absolute atomic E-state index is 0.0390. The summed E-state index contributed by atoms with van der Waals surface area (Å²) in [5, 5.41) is 27.5. The third-order valence-electron chi connectivity index (χ3n) is 6.38. The predicted octanol–water partition coefficient (Wildman–Crippen LogP) is 3.60. The lowest BCUT2D eigenvalue weighted by Gasteiger charge is -2.45. The lowest BCUT2D eigenvalue weighted by atomic mass is 9.79. The Bertz CT molecular complexity index is 830. The van der Waals surface area contributed by atoms with Crippen LogP contribution in [-0.2, 0) is 0 Å². The molecule has 0 aromatic heterocycles. The molecular formula is C21H31N5O3. The number of nitro groups is 1. The molecule has 158 valence electrons. The van der Waals surface area contributed by atoms with Crippen molar-refractivity contribution in [1.82, 2.24) is 10.4 Å². The van der Waals surface area contributed by atoms with Crippen LogP contribution in [-0.4, -0.2) is 49.4 Å². The van der Waals surface area contributed by atoms with Crippen molar-refractivity contribution in [3.8, 4) is 0 Å². The first-order valence-electron chi connectivity index (χ1n) is 10.6. The Hall–Kier alpha value is -2.06. The van der Waals surface area contributed by atoms with Gasteiger partial charge >= 0.3 is 0 Å². The van der Waals surface area contributed by atoms with Crippen molar-refractivity contribution in [3.05, 3.63) is 33.7 Å². The van der Waals surface area contributed by atoms with E-state index in [0.717, 1.165) is 44.9 Å². The van der Waals surface area contributed by atoms with Crippen molar-refractivity contribution in [2.24, 2.45) is 9.98 Å². The highest BCUT2D eigenvalue weighted by Crippen LogP contribution is 2.42. The first-order chi connectivity index (χ1) is 13.5. The van der Waals surface area contributed by atoms with Gasteiger partial charge in [-0.05, 0) is 72.3 Å². The van der Waals surface area contributed by atoms with Crippen LogP contribution >= 0.6 is 0 Å². The molecule has 1 saturated heterocycles. The summed E-state index contributed by atoms with van der Waals surface area (Å²) < 4.78 is 0. The maximum Gasteiger partial charge on any atom is 0.296 e. The number of aliphatic imine (C=N–C) groups is 2.